The Morgan fingerprint density at radius 3 is 2.50 bits per heavy atom. The van der Waals surface area contributed by atoms with Gasteiger partial charge in [-0.1, -0.05) is 12.1 Å². The van der Waals surface area contributed by atoms with Gasteiger partial charge in [0.25, 0.3) is 0 Å². The molecule has 0 radical (unpaired) electrons. The van der Waals surface area contributed by atoms with E-state index in [0.717, 1.165) is 11.3 Å². The fourth-order valence-electron chi connectivity index (χ4n) is 1.96. The molecule has 1 heterocycles. The fraction of sp³-hybridized carbons (Fsp3) is 0.200. The summed E-state index contributed by atoms with van der Waals surface area (Å²) >= 11 is 0. The van der Waals surface area contributed by atoms with Gasteiger partial charge in [-0.2, -0.15) is 5.10 Å². The monoisotopic (exact) mass is 302 g/mol. The molecule has 0 saturated carbocycles. The SMILES string of the molecule is COc1ccc(Cc2cn[nH]c2C(=O)CC(=O)C(=O)O)cc1. The summed E-state index contributed by atoms with van der Waals surface area (Å²) in [5.74, 6) is -2.63. The Morgan fingerprint density at radius 2 is 1.91 bits per heavy atom. The molecule has 0 bridgehead atoms. The smallest absolute Gasteiger partial charge is 0.372 e. The first-order chi connectivity index (χ1) is 10.5. The minimum atomic E-state index is -1.62. The molecule has 0 aliphatic carbocycles. The Bertz CT molecular complexity index is 703. The van der Waals surface area contributed by atoms with Crippen LogP contribution < -0.4 is 4.74 Å². The number of hydrogen-bond donors (Lipinski definition) is 2. The van der Waals surface area contributed by atoms with Crippen molar-refractivity contribution in [3.05, 3.63) is 47.3 Å². The number of aromatic nitrogens is 2. The zero-order valence-electron chi connectivity index (χ0n) is 11.8. The van der Waals surface area contributed by atoms with Crippen LogP contribution in [0.1, 0.15) is 28.0 Å². The lowest BCUT2D eigenvalue weighted by Gasteiger charge is -2.04. The Morgan fingerprint density at radius 1 is 1.23 bits per heavy atom. The molecule has 0 atom stereocenters. The van der Waals surface area contributed by atoms with Gasteiger partial charge in [-0.25, -0.2) is 4.79 Å². The Labute approximate surface area is 125 Å². The van der Waals surface area contributed by atoms with Gasteiger partial charge < -0.3 is 9.84 Å². The largest absolute Gasteiger partial charge is 0.497 e. The molecule has 114 valence electrons. The standard InChI is InChI=1S/C15H14N2O5/c1-22-11-4-2-9(3-5-11)6-10-8-16-17-14(10)12(18)7-13(19)15(20)21/h2-5,8H,6-7H2,1H3,(H,16,17)(H,20,21). The summed E-state index contributed by atoms with van der Waals surface area (Å²) in [6.45, 7) is 0. The Balaban J connectivity index is 2.13. The minimum absolute atomic E-state index is 0.158. The highest BCUT2D eigenvalue weighted by Crippen LogP contribution is 2.17. The van der Waals surface area contributed by atoms with Crippen LogP contribution in [0, 0.1) is 0 Å². The molecule has 7 heteroatoms. The van der Waals surface area contributed by atoms with E-state index in [-0.39, 0.29) is 5.69 Å². The van der Waals surface area contributed by atoms with Gasteiger partial charge >= 0.3 is 5.97 Å². The van der Waals surface area contributed by atoms with Crippen molar-refractivity contribution < 1.29 is 24.2 Å². The van der Waals surface area contributed by atoms with E-state index in [1.54, 1.807) is 19.2 Å². The second-order valence-electron chi connectivity index (χ2n) is 4.62. The van der Waals surface area contributed by atoms with Crippen molar-refractivity contribution in [2.24, 2.45) is 0 Å². The van der Waals surface area contributed by atoms with Crippen molar-refractivity contribution >= 4 is 17.5 Å². The normalized spacial score (nSPS) is 10.2. The molecule has 7 nitrogen and oxygen atoms in total. The molecule has 0 amide bonds. The van der Waals surface area contributed by atoms with E-state index in [9.17, 15) is 14.4 Å². The number of nitrogens with zero attached hydrogens (tertiary/aromatic N) is 1. The fourth-order valence-corrected chi connectivity index (χ4v) is 1.96. The first-order valence-corrected chi connectivity index (χ1v) is 6.45. The summed E-state index contributed by atoms with van der Waals surface area (Å²) in [6, 6.07) is 7.29. The summed E-state index contributed by atoms with van der Waals surface area (Å²) in [7, 11) is 1.57. The number of carboxylic acid groups (broad SMARTS) is 1. The number of carbonyl (C=O) groups excluding carboxylic acids is 2. The first-order valence-electron chi connectivity index (χ1n) is 6.45. The molecule has 0 saturated heterocycles. The highest BCUT2D eigenvalue weighted by Gasteiger charge is 2.21. The van der Waals surface area contributed by atoms with Crippen molar-refractivity contribution in [1.82, 2.24) is 10.2 Å². The van der Waals surface area contributed by atoms with Crippen molar-refractivity contribution in [3.8, 4) is 5.75 Å². The van der Waals surface area contributed by atoms with Gasteiger partial charge in [0.05, 0.1) is 19.7 Å². The maximum Gasteiger partial charge on any atom is 0.372 e. The molecule has 2 N–H and O–H groups in total. The first kappa shape index (κ1) is 15.4. The number of ether oxygens (including phenoxy) is 1. The number of methoxy groups -OCH3 is 1. The number of hydrogen-bond acceptors (Lipinski definition) is 5. The molecule has 1 aromatic carbocycles. The van der Waals surface area contributed by atoms with Gasteiger partial charge in [-0.05, 0) is 17.7 Å². The zero-order chi connectivity index (χ0) is 16.1. The third kappa shape index (κ3) is 3.57. The molecule has 0 aliphatic rings. The van der Waals surface area contributed by atoms with E-state index in [4.69, 9.17) is 9.84 Å². The maximum absolute atomic E-state index is 12.0. The molecular formula is C15H14N2O5. The number of carboxylic acids is 1. The van der Waals surface area contributed by atoms with Crippen molar-refractivity contribution in [2.75, 3.05) is 7.11 Å². The van der Waals surface area contributed by atoms with Gasteiger partial charge in [0.2, 0.25) is 5.78 Å². The number of H-pyrrole nitrogens is 1. The molecule has 0 aliphatic heterocycles. The van der Waals surface area contributed by atoms with E-state index < -0.39 is 24.0 Å². The third-order valence-electron chi connectivity index (χ3n) is 3.11. The summed E-state index contributed by atoms with van der Waals surface area (Å²) in [5, 5.41) is 14.9. The van der Waals surface area contributed by atoms with E-state index >= 15 is 0 Å². The molecule has 1 aromatic heterocycles. The number of aromatic amines is 1. The average Bonchev–Trinajstić information content (AvgIpc) is 2.96. The molecular weight excluding hydrogens is 288 g/mol. The zero-order valence-corrected chi connectivity index (χ0v) is 11.8. The number of benzene rings is 1. The van der Waals surface area contributed by atoms with Gasteiger partial charge in [0.1, 0.15) is 11.4 Å². The topological polar surface area (TPSA) is 109 Å². The third-order valence-corrected chi connectivity index (χ3v) is 3.11. The number of nitrogens with one attached hydrogen (secondary N) is 1. The van der Waals surface area contributed by atoms with Gasteiger partial charge in [0, 0.05) is 12.0 Å². The van der Waals surface area contributed by atoms with Crippen LogP contribution >= 0.6 is 0 Å². The summed E-state index contributed by atoms with van der Waals surface area (Å²) < 4.78 is 5.07. The van der Waals surface area contributed by atoms with Crippen LogP contribution in [0.15, 0.2) is 30.5 Å². The average molecular weight is 302 g/mol. The maximum atomic E-state index is 12.0. The summed E-state index contributed by atoms with van der Waals surface area (Å²) in [4.78, 5) is 33.6. The highest BCUT2D eigenvalue weighted by molar-refractivity contribution is 6.37. The van der Waals surface area contributed by atoms with Gasteiger partial charge in [0.15, 0.2) is 5.78 Å². The van der Waals surface area contributed by atoms with Crippen LogP contribution in [0.4, 0.5) is 0 Å². The van der Waals surface area contributed by atoms with Crippen molar-refractivity contribution in [2.45, 2.75) is 12.8 Å². The quantitative estimate of drug-likeness (QED) is 0.452. The number of aliphatic carboxylic acids is 1. The Kier molecular flexibility index (Phi) is 4.67. The van der Waals surface area contributed by atoms with Crippen LogP contribution in [0.2, 0.25) is 0 Å². The molecule has 2 aromatic rings. The predicted octanol–water partition coefficient (Wildman–Crippen LogP) is 1.24. The van der Waals surface area contributed by atoms with Crippen LogP contribution in [-0.2, 0) is 16.0 Å². The number of Topliss-reactive ketones (excluding diaryl/α,β-unsaturated/α-hetero) is 2. The molecule has 22 heavy (non-hydrogen) atoms. The Hall–Kier alpha value is -2.96. The van der Waals surface area contributed by atoms with Gasteiger partial charge in [-0.3, -0.25) is 14.7 Å². The molecule has 0 unspecified atom stereocenters. The lowest BCUT2D eigenvalue weighted by Crippen LogP contribution is -2.18. The molecule has 0 fully saturated rings. The second-order valence-corrected chi connectivity index (χ2v) is 4.62. The van der Waals surface area contributed by atoms with Gasteiger partial charge in [-0.15, -0.1) is 0 Å². The van der Waals surface area contributed by atoms with E-state index in [2.05, 4.69) is 10.2 Å². The number of rotatable bonds is 7. The second kappa shape index (κ2) is 6.66. The van der Waals surface area contributed by atoms with Crippen LogP contribution in [0.3, 0.4) is 0 Å². The summed E-state index contributed by atoms with van der Waals surface area (Å²) in [6.07, 6.45) is 1.23. The van der Waals surface area contributed by atoms with E-state index in [0.29, 0.717) is 12.0 Å². The molecule has 2 rings (SSSR count). The highest BCUT2D eigenvalue weighted by atomic mass is 16.5. The summed E-state index contributed by atoms with van der Waals surface area (Å²) in [5.41, 5.74) is 1.69. The number of ketones is 2. The lowest BCUT2D eigenvalue weighted by molar-refractivity contribution is -0.148. The lowest BCUT2D eigenvalue weighted by atomic mass is 10.0. The van der Waals surface area contributed by atoms with Crippen LogP contribution in [0.25, 0.3) is 0 Å². The van der Waals surface area contributed by atoms with Crippen LogP contribution in [-0.4, -0.2) is 39.9 Å². The number of carbonyl (C=O) groups is 3. The van der Waals surface area contributed by atoms with Crippen molar-refractivity contribution in [1.29, 1.82) is 0 Å². The van der Waals surface area contributed by atoms with E-state index in [1.165, 1.54) is 6.20 Å². The molecule has 0 spiro atoms. The van der Waals surface area contributed by atoms with E-state index in [1.807, 2.05) is 12.1 Å². The van der Waals surface area contributed by atoms with Crippen LogP contribution in [0.5, 0.6) is 5.75 Å². The predicted molar refractivity (Wildman–Crippen MR) is 76.0 cm³/mol. The van der Waals surface area contributed by atoms with Crippen molar-refractivity contribution in [3.63, 3.8) is 0 Å². The minimum Gasteiger partial charge on any atom is -0.497 e.